The van der Waals surface area contributed by atoms with Crippen LogP contribution in [-0.2, 0) is 4.74 Å². The van der Waals surface area contributed by atoms with Crippen LogP contribution in [0.5, 0.6) is 0 Å². The van der Waals surface area contributed by atoms with Crippen molar-refractivity contribution >= 4 is 0 Å². The predicted molar refractivity (Wildman–Crippen MR) is 91.6 cm³/mol. The van der Waals surface area contributed by atoms with Gasteiger partial charge in [-0.1, -0.05) is 25.8 Å². The molecule has 4 rings (SSSR count). The van der Waals surface area contributed by atoms with E-state index in [9.17, 15) is 5.26 Å². The van der Waals surface area contributed by atoms with Crippen molar-refractivity contribution in [1.82, 2.24) is 0 Å². The molecule has 0 N–H and O–H groups in total. The van der Waals surface area contributed by atoms with Crippen molar-refractivity contribution in [2.24, 2.45) is 34.5 Å². The summed E-state index contributed by atoms with van der Waals surface area (Å²) in [5, 5.41) is 9.55. The Morgan fingerprint density at radius 3 is 2.83 bits per heavy atom. The number of ether oxygens (including phenoxy) is 1. The number of nitrogens with zero attached hydrogens (tertiary/aromatic N) is 1. The zero-order chi connectivity index (χ0) is 16.1. The van der Waals surface area contributed by atoms with Crippen LogP contribution in [0.2, 0.25) is 0 Å². The van der Waals surface area contributed by atoms with Crippen molar-refractivity contribution in [2.75, 3.05) is 13.7 Å². The van der Waals surface area contributed by atoms with Gasteiger partial charge in [0.1, 0.15) is 0 Å². The number of nitriles is 1. The highest BCUT2D eigenvalue weighted by atomic mass is 16.5. The number of allylic oxidation sites excluding steroid dienone is 2. The second kappa shape index (κ2) is 5.62. The normalized spacial score (nSPS) is 48.7. The summed E-state index contributed by atoms with van der Waals surface area (Å²) in [6.45, 7) is 3.35. The van der Waals surface area contributed by atoms with Crippen LogP contribution >= 0.6 is 0 Å². The lowest BCUT2D eigenvalue weighted by Gasteiger charge is -2.61. The Balaban J connectivity index is 1.67. The highest BCUT2D eigenvalue weighted by Gasteiger charge is 2.59. The lowest BCUT2D eigenvalue weighted by molar-refractivity contribution is -0.137. The number of fused-ring (bicyclic) bond motifs is 5. The van der Waals surface area contributed by atoms with Gasteiger partial charge >= 0.3 is 0 Å². The van der Waals surface area contributed by atoms with Gasteiger partial charge in [-0.15, -0.1) is 0 Å². The van der Waals surface area contributed by atoms with Crippen molar-refractivity contribution in [3.05, 3.63) is 11.6 Å². The molecule has 3 fully saturated rings. The maximum Gasteiger partial charge on any atom is 0.0949 e. The summed E-state index contributed by atoms with van der Waals surface area (Å²) in [6.07, 6.45) is 14.4. The largest absolute Gasteiger partial charge is 0.384 e. The number of rotatable bonds is 2. The van der Waals surface area contributed by atoms with Crippen LogP contribution in [0.25, 0.3) is 0 Å². The number of hydrogen-bond donors (Lipinski definition) is 0. The molecule has 5 unspecified atom stereocenters. The smallest absolute Gasteiger partial charge is 0.0949 e. The second-order valence-corrected chi connectivity index (χ2v) is 8.98. The lowest BCUT2D eigenvalue weighted by atomic mass is 9.44. The monoisotopic (exact) mass is 313 g/mol. The van der Waals surface area contributed by atoms with Gasteiger partial charge in [0.15, 0.2) is 0 Å². The Morgan fingerprint density at radius 2 is 2.04 bits per heavy atom. The molecule has 3 saturated carbocycles. The van der Waals surface area contributed by atoms with E-state index in [0.717, 1.165) is 36.4 Å². The summed E-state index contributed by atoms with van der Waals surface area (Å²) in [7, 11) is 1.90. The summed E-state index contributed by atoms with van der Waals surface area (Å²) in [6, 6.07) is 2.53. The van der Waals surface area contributed by atoms with Crippen LogP contribution in [-0.4, -0.2) is 13.7 Å². The first-order valence-corrected chi connectivity index (χ1v) is 9.75. The second-order valence-electron chi connectivity index (χ2n) is 8.98. The zero-order valence-corrected chi connectivity index (χ0v) is 14.8. The molecule has 0 bridgehead atoms. The third-order valence-corrected chi connectivity index (χ3v) is 8.40. The van der Waals surface area contributed by atoms with E-state index in [1.807, 2.05) is 7.11 Å². The topological polar surface area (TPSA) is 33.0 Å². The molecule has 2 nitrogen and oxygen atoms in total. The third kappa shape index (κ3) is 2.08. The Bertz CT molecular complexity index is 543. The van der Waals surface area contributed by atoms with Gasteiger partial charge in [-0.25, -0.2) is 0 Å². The third-order valence-electron chi connectivity index (χ3n) is 8.40. The molecule has 23 heavy (non-hydrogen) atoms. The van der Waals surface area contributed by atoms with E-state index in [1.165, 1.54) is 51.4 Å². The Morgan fingerprint density at radius 1 is 1.17 bits per heavy atom. The van der Waals surface area contributed by atoms with Crippen LogP contribution in [0.15, 0.2) is 11.6 Å². The molecule has 0 aromatic heterocycles. The first kappa shape index (κ1) is 15.7. The van der Waals surface area contributed by atoms with Gasteiger partial charge in [0.25, 0.3) is 0 Å². The van der Waals surface area contributed by atoms with E-state index in [1.54, 1.807) is 0 Å². The standard InChI is InChI=1S/C21H31NO/c1-20-12-10-19-17(18(20)9-7-16(20)13-22)8-6-15-5-3-4-11-21(15,19)14-23-2/h7,15,17-19H,3-6,8-12,14H2,1-2H3/t15?,17?,18?,19?,20?,21-/m1/s1. The zero-order valence-electron chi connectivity index (χ0n) is 14.8. The maximum atomic E-state index is 9.55. The molecule has 126 valence electrons. The summed E-state index contributed by atoms with van der Waals surface area (Å²) in [5.74, 6) is 3.27. The maximum absolute atomic E-state index is 9.55. The molecule has 6 atom stereocenters. The van der Waals surface area contributed by atoms with Gasteiger partial charge in [0.2, 0.25) is 0 Å². The van der Waals surface area contributed by atoms with Crippen molar-refractivity contribution < 1.29 is 4.74 Å². The molecule has 0 heterocycles. The van der Waals surface area contributed by atoms with Gasteiger partial charge < -0.3 is 4.74 Å². The first-order valence-electron chi connectivity index (χ1n) is 9.75. The van der Waals surface area contributed by atoms with Gasteiger partial charge in [0.05, 0.1) is 12.7 Å². The van der Waals surface area contributed by atoms with E-state index < -0.39 is 0 Å². The fourth-order valence-electron chi connectivity index (χ4n) is 7.36. The SMILES string of the molecule is COC[C@]12CCCCC1CCC1C3CC=C(C#N)C3(C)CCC12. The Kier molecular flexibility index (Phi) is 3.84. The minimum atomic E-state index is 0.172. The van der Waals surface area contributed by atoms with E-state index in [-0.39, 0.29) is 5.41 Å². The molecule has 4 aliphatic carbocycles. The molecule has 0 saturated heterocycles. The molecule has 0 radical (unpaired) electrons. The highest BCUT2D eigenvalue weighted by molar-refractivity contribution is 5.35. The molecule has 0 amide bonds. The first-order chi connectivity index (χ1) is 11.2. The van der Waals surface area contributed by atoms with Crippen molar-refractivity contribution in [3.63, 3.8) is 0 Å². The summed E-state index contributed by atoms with van der Waals surface area (Å²) >= 11 is 0. The van der Waals surface area contributed by atoms with Gasteiger partial charge in [-0.3, -0.25) is 0 Å². The van der Waals surface area contributed by atoms with Crippen LogP contribution < -0.4 is 0 Å². The fourth-order valence-corrected chi connectivity index (χ4v) is 7.36. The minimum Gasteiger partial charge on any atom is -0.384 e. The molecule has 0 spiro atoms. The van der Waals surface area contributed by atoms with E-state index >= 15 is 0 Å². The Hall–Kier alpha value is -0.810. The summed E-state index contributed by atoms with van der Waals surface area (Å²) in [4.78, 5) is 0. The summed E-state index contributed by atoms with van der Waals surface area (Å²) < 4.78 is 5.80. The molecular formula is C21H31NO. The van der Waals surface area contributed by atoms with E-state index in [0.29, 0.717) is 11.3 Å². The van der Waals surface area contributed by atoms with Crippen LogP contribution in [0, 0.1) is 45.8 Å². The highest BCUT2D eigenvalue weighted by Crippen LogP contribution is 2.66. The lowest BCUT2D eigenvalue weighted by Crippen LogP contribution is -2.55. The van der Waals surface area contributed by atoms with Crippen molar-refractivity contribution in [2.45, 2.75) is 64.7 Å². The molecule has 0 aromatic carbocycles. The van der Waals surface area contributed by atoms with Crippen LogP contribution in [0.4, 0.5) is 0 Å². The quantitative estimate of drug-likeness (QED) is 0.710. The van der Waals surface area contributed by atoms with Crippen LogP contribution in [0.1, 0.15) is 64.7 Å². The molecule has 0 aliphatic heterocycles. The molecular weight excluding hydrogens is 282 g/mol. The van der Waals surface area contributed by atoms with E-state index in [4.69, 9.17) is 4.74 Å². The van der Waals surface area contributed by atoms with Gasteiger partial charge in [0, 0.05) is 18.1 Å². The van der Waals surface area contributed by atoms with Gasteiger partial charge in [-0.05, 0) is 74.0 Å². The van der Waals surface area contributed by atoms with E-state index in [2.05, 4.69) is 19.1 Å². The number of methoxy groups -OCH3 is 1. The fraction of sp³-hybridized carbons (Fsp3) is 0.857. The van der Waals surface area contributed by atoms with Crippen molar-refractivity contribution in [1.29, 1.82) is 5.26 Å². The molecule has 4 aliphatic rings. The van der Waals surface area contributed by atoms with Gasteiger partial charge in [-0.2, -0.15) is 5.26 Å². The minimum absolute atomic E-state index is 0.172. The Labute approximate surface area is 141 Å². The average Bonchev–Trinajstić information content (AvgIpc) is 2.91. The molecule has 0 aromatic rings. The molecule has 2 heteroatoms. The predicted octanol–water partition coefficient (Wildman–Crippen LogP) is 5.11. The summed E-state index contributed by atoms with van der Waals surface area (Å²) in [5.41, 5.74) is 1.71. The van der Waals surface area contributed by atoms with Crippen LogP contribution in [0.3, 0.4) is 0 Å². The van der Waals surface area contributed by atoms with Crippen molar-refractivity contribution in [3.8, 4) is 6.07 Å². The number of hydrogen-bond acceptors (Lipinski definition) is 2. The average molecular weight is 313 g/mol.